The Kier molecular flexibility index (Phi) is 4.07. The first-order chi connectivity index (χ1) is 13.7. The number of oxazole rings is 1. The van der Waals surface area contributed by atoms with Crippen LogP contribution in [0.25, 0.3) is 11.5 Å². The molecule has 7 nitrogen and oxygen atoms in total. The van der Waals surface area contributed by atoms with Crippen molar-refractivity contribution in [3.8, 4) is 17.3 Å². The van der Waals surface area contributed by atoms with E-state index < -0.39 is 0 Å². The molecule has 1 saturated heterocycles. The number of likely N-dealkylation sites (tertiary alicyclic amines) is 1. The summed E-state index contributed by atoms with van der Waals surface area (Å²) in [6.45, 7) is 2.72. The Morgan fingerprint density at radius 1 is 1.18 bits per heavy atom. The zero-order valence-corrected chi connectivity index (χ0v) is 15.5. The molecule has 1 aliphatic heterocycles. The van der Waals surface area contributed by atoms with Crippen LogP contribution in [-0.4, -0.2) is 44.4 Å². The maximum absolute atomic E-state index is 13.3. The summed E-state index contributed by atoms with van der Waals surface area (Å²) in [6.07, 6.45) is 8.31. The molecule has 1 saturated carbocycles. The Morgan fingerprint density at radius 2 is 2.11 bits per heavy atom. The third kappa shape index (κ3) is 2.93. The third-order valence-corrected chi connectivity index (χ3v) is 5.52. The minimum absolute atomic E-state index is 0.0278. The average Bonchev–Trinajstić information content (AvgIpc) is 3.46. The lowest BCUT2D eigenvalue weighted by Crippen LogP contribution is -2.47. The Bertz CT molecular complexity index is 987. The number of piperidine rings is 1. The highest BCUT2D eigenvalue weighted by Gasteiger charge is 2.49. The van der Waals surface area contributed by atoms with E-state index in [9.17, 15) is 4.79 Å². The maximum atomic E-state index is 13.3. The highest BCUT2D eigenvalue weighted by molar-refractivity contribution is 5.98. The standard InChI is InChI=1S/C21H20N4O3/c1-13-4-5-18(24-11-13)28-17-10-14-9-16(17)25(12-14)21(26)19-15(3-2-6-22-19)20-23-7-8-27-20/h2-8,11,14,16-17H,9-10,12H2,1H3. The number of amides is 1. The molecule has 5 rings (SSSR count). The molecule has 7 heteroatoms. The van der Waals surface area contributed by atoms with Crippen LogP contribution in [0.3, 0.4) is 0 Å². The van der Waals surface area contributed by atoms with E-state index in [0.29, 0.717) is 28.9 Å². The van der Waals surface area contributed by atoms with Crippen LogP contribution in [0.5, 0.6) is 5.88 Å². The quantitative estimate of drug-likeness (QED) is 0.696. The maximum Gasteiger partial charge on any atom is 0.273 e. The van der Waals surface area contributed by atoms with E-state index in [-0.39, 0.29) is 18.1 Å². The zero-order valence-electron chi connectivity index (χ0n) is 15.5. The van der Waals surface area contributed by atoms with Crippen molar-refractivity contribution in [1.29, 1.82) is 0 Å². The average molecular weight is 376 g/mol. The van der Waals surface area contributed by atoms with Gasteiger partial charge in [0.05, 0.1) is 17.8 Å². The van der Waals surface area contributed by atoms with Crippen molar-refractivity contribution < 1.29 is 13.9 Å². The van der Waals surface area contributed by atoms with Crippen LogP contribution in [0.4, 0.5) is 0 Å². The van der Waals surface area contributed by atoms with E-state index in [2.05, 4.69) is 15.0 Å². The second kappa shape index (κ2) is 6.74. The van der Waals surface area contributed by atoms with Gasteiger partial charge in [-0.25, -0.2) is 9.97 Å². The summed E-state index contributed by atoms with van der Waals surface area (Å²) < 4.78 is 11.5. The number of carbonyl (C=O) groups excluding carboxylic acids is 1. The minimum atomic E-state index is -0.105. The molecule has 0 spiro atoms. The van der Waals surface area contributed by atoms with E-state index in [0.717, 1.165) is 24.9 Å². The first-order valence-electron chi connectivity index (χ1n) is 9.44. The van der Waals surface area contributed by atoms with Crippen molar-refractivity contribution in [2.75, 3.05) is 6.54 Å². The summed E-state index contributed by atoms with van der Waals surface area (Å²) >= 11 is 0. The predicted molar refractivity (Wildman–Crippen MR) is 101 cm³/mol. The van der Waals surface area contributed by atoms with Gasteiger partial charge in [-0.3, -0.25) is 9.78 Å². The zero-order chi connectivity index (χ0) is 19.1. The van der Waals surface area contributed by atoms with Crippen molar-refractivity contribution in [1.82, 2.24) is 19.9 Å². The fourth-order valence-corrected chi connectivity index (χ4v) is 4.25. The number of carbonyl (C=O) groups is 1. The van der Waals surface area contributed by atoms with Crippen LogP contribution in [0.1, 0.15) is 28.9 Å². The third-order valence-electron chi connectivity index (χ3n) is 5.52. The molecule has 1 amide bonds. The number of nitrogens with zero attached hydrogens (tertiary/aromatic N) is 4. The lowest BCUT2D eigenvalue weighted by Gasteiger charge is -2.33. The molecule has 0 aromatic carbocycles. The highest BCUT2D eigenvalue weighted by atomic mass is 16.5. The molecular weight excluding hydrogens is 356 g/mol. The van der Waals surface area contributed by atoms with Crippen LogP contribution in [-0.2, 0) is 0 Å². The molecule has 2 fully saturated rings. The molecule has 2 bridgehead atoms. The molecule has 142 valence electrons. The van der Waals surface area contributed by atoms with E-state index >= 15 is 0 Å². The van der Waals surface area contributed by atoms with Crippen LogP contribution < -0.4 is 4.74 Å². The fraction of sp³-hybridized carbons (Fsp3) is 0.333. The number of hydrogen-bond acceptors (Lipinski definition) is 6. The summed E-state index contributed by atoms with van der Waals surface area (Å²) in [7, 11) is 0. The van der Waals surface area contributed by atoms with Crippen LogP contribution in [0.2, 0.25) is 0 Å². The second-order valence-electron chi connectivity index (χ2n) is 7.43. The van der Waals surface area contributed by atoms with Crippen LogP contribution >= 0.6 is 0 Å². The van der Waals surface area contributed by atoms with Crippen molar-refractivity contribution in [3.05, 3.63) is 60.4 Å². The smallest absolute Gasteiger partial charge is 0.273 e. The summed E-state index contributed by atoms with van der Waals surface area (Å²) in [4.78, 5) is 28.1. The van der Waals surface area contributed by atoms with Crippen molar-refractivity contribution in [3.63, 3.8) is 0 Å². The number of ether oxygens (including phenoxy) is 1. The van der Waals surface area contributed by atoms with Gasteiger partial charge in [-0.1, -0.05) is 6.07 Å². The Labute approximate surface area is 162 Å². The van der Waals surface area contributed by atoms with E-state index in [1.165, 1.54) is 6.26 Å². The van der Waals surface area contributed by atoms with Gasteiger partial charge in [0.25, 0.3) is 5.91 Å². The largest absolute Gasteiger partial charge is 0.472 e. The van der Waals surface area contributed by atoms with Crippen molar-refractivity contribution >= 4 is 5.91 Å². The molecule has 3 aromatic heterocycles. The van der Waals surface area contributed by atoms with Crippen molar-refractivity contribution in [2.45, 2.75) is 31.9 Å². The van der Waals surface area contributed by atoms with Gasteiger partial charge < -0.3 is 14.1 Å². The van der Waals surface area contributed by atoms with E-state index in [4.69, 9.17) is 9.15 Å². The number of aromatic nitrogens is 3. The Balaban J connectivity index is 1.39. The molecule has 2 aliphatic rings. The van der Waals surface area contributed by atoms with Crippen molar-refractivity contribution in [2.24, 2.45) is 5.92 Å². The predicted octanol–water partition coefficient (Wildman–Crippen LogP) is 3.12. The van der Waals surface area contributed by atoms with Gasteiger partial charge in [0, 0.05) is 25.0 Å². The molecule has 1 aliphatic carbocycles. The van der Waals surface area contributed by atoms with Gasteiger partial charge in [0.1, 0.15) is 18.1 Å². The van der Waals surface area contributed by atoms with Gasteiger partial charge in [0.2, 0.25) is 11.8 Å². The Hall–Kier alpha value is -3.22. The summed E-state index contributed by atoms with van der Waals surface area (Å²) in [6, 6.07) is 7.48. The van der Waals surface area contributed by atoms with E-state index in [1.54, 1.807) is 24.7 Å². The summed E-state index contributed by atoms with van der Waals surface area (Å²) in [5.41, 5.74) is 2.06. The molecule has 3 unspecified atom stereocenters. The minimum Gasteiger partial charge on any atom is -0.472 e. The number of aryl methyl sites for hydroxylation is 1. The lowest BCUT2D eigenvalue weighted by molar-refractivity contribution is 0.0462. The van der Waals surface area contributed by atoms with Crippen LogP contribution in [0.15, 0.2) is 53.5 Å². The molecule has 3 atom stereocenters. The number of rotatable bonds is 4. The summed E-state index contributed by atoms with van der Waals surface area (Å²) in [5, 5.41) is 0. The molecular formula is C21H20N4O3. The fourth-order valence-electron chi connectivity index (χ4n) is 4.25. The van der Waals surface area contributed by atoms with Gasteiger partial charge in [-0.15, -0.1) is 0 Å². The van der Waals surface area contributed by atoms with E-state index in [1.807, 2.05) is 30.0 Å². The number of pyridine rings is 2. The van der Waals surface area contributed by atoms with Gasteiger partial charge in [-0.2, -0.15) is 0 Å². The molecule has 4 heterocycles. The van der Waals surface area contributed by atoms with Crippen LogP contribution in [0, 0.1) is 12.8 Å². The van der Waals surface area contributed by atoms with Gasteiger partial charge in [0.15, 0.2) is 0 Å². The normalized spacial score (nSPS) is 23.2. The highest BCUT2D eigenvalue weighted by Crippen LogP contribution is 2.40. The first-order valence-corrected chi connectivity index (χ1v) is 9.44. The van der Waals surface area contributed by atoms with Gasteiger partial charge >= 0.3 is 0 Å². The second-order valence-corrected chi connectivity index (χ2v) is 7.43. The Morgan fingerprint density at radius 3 is 2.86 bits per heavy atom. The summed E-state index contributed by atoms with van der Waals surface area (Å²) in [5.74, 6) is 1.34. The molecule has 0 radical (unpaired) electrons. The SMILES string of the molecule is Cc1ccc(OC2CC3CC2N(C(=O)c2ncccc2-c2ncco2)C3)nc1. The molecule has 0 N–H and O–H groups in total. The first kappa shape index (κ1) is 16.9. The topological polar surface area (TPSA) is 81.4 Å². The number of hydrogen-bond donors (Lipinski definition) is 0. The monoisotopic (exact) mass is 376 g/mol. The number of fused-ring (bicyclic) bond motifs is 2. The lowest BCUT2D eigenvalue weighted by atomic mass is 10.1. The molecule has 28 heavy (non-hydrogen) atoms. The molecule has 3 aromatic rings. The van der Waals surface area contributed by atoms with Gasteiger partial charge in [-0.05, 0) is 43.4 Å².